The molecule has 2 aromatic rings. The Kier molecular flexibility index (Phi) is 6.37. The average Bonchev–Trinajstić information content (AvgIpc) is 3.00. The molecular weight excluding hydrogens is 381 g/mol. The number of halogens is 3. The van der Waals surface area contributed by atoms with Crippen molar-refractivity contribution in [3.05, 3.63) is 52.0 Å². The maximum Gasteiger partial charge on any atom is 0.416 e. The van der Waals surface area contributed by atoms with Gasteiger partial charge in [-0.25, -0.2) is 9.78 Å². The highest BCUT2D eigenvalue weighted by Gasteiger charge is 2.29. The number of esters is 1. The summed E-state index contributed by atoms with van der Waals surface area (Å²) in [5.41, 5.74) is 0.153. The van der Waals surface area contributed by atoms with Gasteiger partial charge in [0.15, 0.2) is 5.13 Å². The van der Waals surface area contributed by atoms with E-state index < -0.39 is 23.6 Å². The Hall–Kier alpha value is -2.68. The van der Waals surface area contributed by atoms with Gasteiger partial charge in [0, 0.05) is 13.1 Å². The van der Waals surface area contributed by atoms with Crippen LogP contribution < -0.4 is 4.90 Å². The fourth-order valence-corrected chi connectivity index (χ4v) is 3.00. The summed E-state index contributed by atoms with van der Waals surface area (Å²) in [6.45, 7) is 3.57. The van der Waals surface area contributed by atoms with E-state index in [1.807, 2.05) is 0 Å². The fraction of sp³-hybridized carbons (Fsp3) is 0.278. The molecule has 0 aliphatic carbocycles. The zero-order valence-corrected chi connectivity index (χ0v) is 15.6. The Morgan fingerprint density at radius 2 is 1.89 bits per heavy atom. The number of rotatable bonds is 5. The lowest BCUT2D eigenvalue weighted by Crippen LogP contribution is -2.23. The Morgan fingerprint density at radius 3 is 2.44 bits per heavy atom. The summed E-state index contributed by atoms with van der Waals surface area (Å²) in [6, 6.07) is 4.45. The first-order valence-corrected chi connectivity index (χ1v) is 8.72. The first-order chi connectivity index (χ1) is 12.6. The Morgan fingerprint density at radius 1 is 1.26 bits per heavy atom. The second-order valence-corrected chi connectivity index (χ2v) is 6.46. The lowest BCUT2D eigenvalue weighted by atomic mass is 10.1. The van der Waals surface area contributed by atoms with Crippen LogP contribution in [0.25, 0.3) is 6.08 Å². The van der Waals surface area contributed by atoms with Crippen LogP contribution >= 0.6 is 11.3 Å². The van der Waals surface area contributed by atoms with E-state index in [0.29, 0.717) is 21.3 Å². The molecule has 0 N–H and O–H groups in total. The lowest BCUT2D eigenvalue weighted by molar-refractivity contribution is -0.137. The van der Waals surface area contributed by atoms with Gasteiger partial charge in [0.05, 0.1) is 17.9 Å². The Labute approximate surface area is 158 Å². The van der Waals surface area contributed by atoms with Crippen molar-refractivity contribution < 1.29 is 27.5 Å². The zero-order chi connectivity index (χ0) is 20.2. The molecule has 0 atom stereocenters. The van der Waals surface area contributed by atoms with Crippen LogP contribution in [0.4, 0.5) is 18.3 Å². The molecule has 0 spiro atoms. The number of thiazole rings is 1. The van der Waals surface area contributed by atoms with Gasteiger partial charge in [0.2, 0.25) is 0 Å². The van der Waals surface area contributed by atoms with Gasteiger partial charge in [-0.05, 0) is 37.6 Å². The van der Waals surface area contributed by atoms with Gasteiger partial charge in [-0.3, -0.25) is 9.69 Å². The van der Waals surface area contributed by atoms with Gasteiger partial charge < -0.3 is 4.74 Å². The molecular formula is C18H17F3N2O3S. The van der Waals surface area contributed by atoms with Crippen molar-refractivity contribution >= 4 is 34.4 Å². The van der Waals surface area contributed by atoms with Gasteiger partial charge in [0.1, 0.15) is 4.88 Å². The highest BCUT2D eigenvalue weighted by atomic mass is 32.1. The summed E-state index contributed by atoms with van der Waals surface area (Å²) >= 11 is 1.03. The molecule has 0 saturated carbocycles. The van der Waals surface area contributed by atoms with Crippen molar-refractivity contribution in [1.29, 1.82) is 0 Å². The van der Waals surface area contributed by atoms with E-state index in [9.17, 15) is 22.8 Å². The summed E-state index contributed by atoms with van der Waals surface area (Å²) in [7, 11) is 1.49. The van der Waals surface area contributed by atoms with E-state index in [-0.39, 0.29) is 6.61 Å². The number of likely N-dealkylation sites (N-methyl/N-ethyl adjacent to an activating group) is 1. The number of hydrogen-bond acceptors (Lipinski definition) is 5. The van der Waals surface area contributed by atoms with E-state index in [0.717, 1.165) is 23.5 Å². The standard InChI is InChI=1S/C18H17F3N2O3S/c1-4-26-16(25)15-11(2)22-17(27-15)23(3)14(24)10-7-12-5-8-13(9-6-12)18(19,20)21/h5-10H,4H2,1-3H3/b10-7+. The number of nitrogens with zero attached hydrogens (tertiary/aromatic N) is 2. The third-order valence-electron chi connectivity index (χ3n) is 3.52. The number of ether oxygens (including phenoxy) is 1. The van der Waals surface area contributed by atoms with Gasteiger partial charge in [0.25, 0.3) is 5.91 Å². The quantitative estimate of drug-likeness (QED) is 0.556. The summed E-state index contributed by atoms with van der Waals surface area (Å²) in [4.78, 5) is 29.9. The van der Waals surface area contributed by atoms with E-state index in [4.69, 9.17) is 4.74 Å². The zero-order valence-electron chi connectivity index (χ0n) is 14.8. The van der Waals surface area contributed by atoms with Crippen LogP contribution in [-0.2, 0) is 15.7 Å². The lowest BCUT2D eigenvalue weighted by Gasteiger charge is -2.10. The van der Waals surface area contributed by atoms with Crippen molar-refractivity contribution in [2.24, 2.45) is 0 Å². The van der Waals surface area contributed by atoms with Crippen LogP contribution in [-0.4, -0.2) is 30.5 Å². The number of carbonyl (C=O) groups excluding carboxylic acids is 2. The number of amides is 1. The molecule has 0 unspecified atom stereocenters. The maximum atomic E-state index is 12.5. The molecule has 27 heavy (non-hydrogen) atoms. The fourth-order valence-electron chi connectivity index (χ4n) is 2.07. The van der Waals surface area contributed by atoms with Crippen LogP contribution in [0.1, 0.15) is 33.4 Å². The monoisotopic (exact) mass is 398 g/mol. The first-order valence-electron chi connectivity index (χ1n) is 7.91. The van der Waals surface area contributed by atoms with Crippen LogP contribution in [0.3, 0.4) is 0 Å². The maximum absolute atomic E-state index is 12.5. The number of aryl methyl sites for hydroxylation is 1. The highest BCUT2D eigenvalue weighted by Crippen LogP contribution is 2.29. The molecule has 1 aromatic carbocycles. The molecule has 1 heterocycles. The van der Waals surface area contributed by atoms with Gasteiger partial charge in [-0.15, -0.1) is 0 Å². The normalized spacial score (nSPS) is 11.6. The predicted octanol–water partition coefficient (Wildman–Crippen LogP) is 4.32. The van der Waals surface area contributed by atoms with Crippen molar-refractivity contribution in [2.75, 3.05) is 18.6 Å². The van der Waals surface area contributed by atoms with E-state index in [1.165, 1.54) is 36.2 Å². The van der Waals surface area contributed by atoms with Crippen LogP contribution in [0.5, 0.6) is 0 Å². The summed E-state index contributed by atoms with van der Waals surface area (Å²) in [5.74, 6) is -0.932. The minimum absolute atomic E-state index is 0.232. The number of alkyl halides is 3. The number of anilines is 1. The minimum Gasteiger partial charge on any atom is -0.462 e. The summed E-state index contributed by atoms with van der Waals surface area (Å²) in [5, 5.41) is 0.317. The first kappa shape index (κ1) is 20.6. The van der Waals surface area contributed by atoms with Crippen molar-refractivity contribution in [3.63, 3.8) is 0 Å². The molecule has 2 rings (SSSR count). The Bertz CT molecular complexity index is 858. The van der Waals surface area contributed by atoms with Crippen LogP contribution in [0.2, 0.25) is 0 Å². The molecule has 144 valence electrons. The molecule has 1 amide bonds. The molecule has 9 heteroatoms. The minimum atomic E-state index is -4.41. The van der Waals surface area contributed by atoms with Crippen LogP contribution in [0, 0.1) is 6.92 Å². The number of benzene rings is 1. The number of aromatic nitrogens is 1. The molecule has 5 nitrogen and oxygen atoms in total. The average molecular weight is 398 g/mol. The van der Waals surface area contributed by atoms with Crippen LogP contribution in [0.15, 0.2) is 30.3 Å². The largest absolute Gasteiger partial charge is 0.462 e. The Balaban J connectivity index is 2.10. The van der Waals surface area contributed by atoms with Gasteiger partial charge in [-0.2, -0.15) is 13.2 Å². The number of hydrogen-bond donors (Lipinski definition) is 0. The molecule has 1 aromatic heterocycles. The predicted molar refractivity (Wildman–Crippen MR) is 96.7 cm³/mol. The van der Waals surface area contributed by atoms with Gasteiger partial charge >= 0.3 is 12.1 Å². The van der Waals surface area contributed by atoms with Crippen molar-refractivity contribution in [2.45, 2.75) is 20.0 Å². The molecule has 0 bridgehead atoms. The van der Waals surface area contributed by atoms with E-state index in [1.54, 1.807) is 13.8 Å². The van der Waals surface area contributed by atoms with E-state index >= 15 is 0 Å². The second-order valence-electron chi connectivity index (χ2n) is 5.48. The van der Waals surface area contributed by atoms with Crippen molar-refractivity contribution in [3.8, 4) is 0 Å². The summed E-state index contributed by atoms with van der Waals surface area (Å²) < 4.78 is 42.6. The third-order valence-corrected chi connectivity index (χ3v) is 4.73. The SMILES string of the molecule is CCOC(=O)c1sc(N(C)C(=O)/C=C/c2ccc(C(F)(F)F)cc2)nc1C. The van der Waals surface area contributed by atoms with Crippen molar-refractivity contribution in [1.82, 2.24) is 4.98 Å². The number of carbonyl (C=O) groups is 2. The molecule has 0 aliphatic rings. The third kappa shape index (κ3) is 5.16. The molecule has 0 aliphatic heterocycles. The highest BCUT2D eigenvalue weighted by molar-refractivity contribution is 7.17. The summed E-state index contributed by atoms with van der Waals surface area (Å²) in [6.07, 6.45) is -1.77. The molecule has 0 radical (unpaired) electrons. The van der Waals surface area contributed by atoms with Gasteiger partial charge in [-0.1, -0.05) is 23.5 Å². The second kappa shape index (κ2) is 8.34. The smallest absolute Gasteiger partial charge is 0.416 e. The molecule has 0 saturated heterocycles. The molecule has 0 fully saturated rings. The van der Waals surface area contributed by atoms with E-state index in [2.05, 4.69) is 4.98 Å². The topological polar surface area (TPSA) is 59.5 Å².